The van der Waals surface area contributed by atoms with E-state index in [1.54, 1.807) is 16.7 Å². The van der Waals surface area contributed by atoms with Crippen molar-refractivity contribution in [1.29, 1.82) is 0 Å². The lowest BCUT2D eigenvalue weighted by Crippen LogP contribution is -2.00. The molecule has 14 heavy (non-hydrogen) atoms. The smallest absolute Gasteiger partial charge is 0.0279 e. The highest BCUT2D eigenvalue weighted by molar-refractivity contribution is 5.40. The second kappa shape index (κ2) is 5.19. The van der Waals surface area contributed by atoms with E-state index in [4.69, 9.17) is 0 Å². The van der Waals surface area contributed by atoms with Gasteiger partial charge in [-0.1, -0.05) is 39.3 Å². The summed E-state index contributed by atoms with van der Waals surface area (Å²) in [5.74, 6) is 0. The molecule has 0 aliphatic carbocycles. The van der Waals surface area contributed by atoms with Gasteiger partial charge in [0.05, 0.1) is 0 Å². The molecule has 1 aromatic carbocycles. The van der Waals surface area contributed by atoms with Crippen LogP contribution in [0, 0.1) is 6.92 Å². The Bertz CT molecular complexity index is 297. The molecule has 0 heterocycles. The van der Waals surface area contributed by atoms with Gasteiger partial charge in [-0.05, 0) is 48.4 Å². The molecule has 0 saturated carbocycles. The Morgan fingerprint density at radius 3 is 2.07 bits per heavy atom. The van der Waals surface area contributed by atoms with Crippen molar-refractivity contribution in [3.63, 3.8) is 0 Å². The Balaban J connectivity index is 3.18. The van der Waals surface area contributed by atoms with Gasteiger partial charge in [-0.3, -0.25) is 0 Å². The van der Waals surface area contributed by atoms with Gasteiger partial charge < -0.3 is 0 Å². The maximum atomic E-state index is 2.32. The van der Waals surface area contributed by atoms with E-state index >= 15 is 0 Å². The average molecular weight is 190 g/mol. The van der Waals surface area contributed by atoms with Crippen LogP contribution in [0.3, 0.4) is 0 Å². The lowest BCUT2D eigenvalue weighted by molar-refractivity contribution is 0.883. The Labute approximate surface area is 88.4 Å². The summed E-state index contributed by atoms with van der Waals surface area (Å²) in [4.78, 5) is 0. The van der Waals surface area contributed by atoms with Gasteiger partial charge in [-0.25, -0.2) is 0 Å². The molecule has 0 aliphatic heterocycles. The molecule has 0 heteroatoms. The van der Waals surface area contributed by atoms with Crippen molar-refractivity contribution in [3.8, 4) is 0 Å². The number of benzene rings is 1. The first-order valence-corrected chi connectivity index (χ1v) is 5.84. The summed E-state index contributed by atoms with van der Waals surface area (Å²) >= 11 is 0. The van der Waals surface area contributed by atoms with Gasteiger partial charge >= 0.3 is 0 Å². The van der Waals surface area contributed by atoms with Crippen LogP contribution in [0.25, 0.3) is 0 Å². The standard InChI is InChI=1S/C14H22/c1-5-8-12-10-9-11(4)13(6-2)14(12)7-3/h9-10H,5-8H2,1-4H3. The normalized spacial score (nSPS) is 10.6. The molecule has 0 bridgehead atoms. The van der Waals surface area contributed by atoms with Gasteiger partial charge in [-0.2, -0.15) is 0 Å². The molecule has 1 rings (SSSR count). The van der Waals surface area contributed by atoms with Crippen molar-refractivity contribution in [1.82, 2.24) is 0 Å². The predicted octanol–water partition coefficient (Wildman–Crippen LogP) is 4.07. The molecule has 0 spiro atoms. The Morgan fingerprint density at radius 1 is 0.929 bits per heavy atom. The van der Waals surface area contributed by atoms with Crippen LogP contribution in [-0.2, 0) is 19.3 Å². The number of rotatable bonds is 4. The molecule has 1 aromatic rings. The predicted molar refractivity (Wildman–Crippen MR) is 63.9 cm³/mol. The first-order valence-electron chi connectivity index (χ1n) is 5.84. The first kappa shape index (κ1) is 11.3. The van der Waals surface area contributed by atoms with Crippen molar-refractivity contribution in [2.45, 2.75) is 53.4 Å². The zero-order valence-corrected chi connectivity index (χ0v) is 9.98. The molecule has 0 amide bonds. The van der Waals surface area contributed by atoms with Crippen LogP contribution in [0.4, 0.5) is 0 Å². The van der Waals surface area contributed by atoms with E-state index in [0.717, 1.165) is 0 Å². The van der Waals surface area contributed by atoms with E-state index in [1.807, 2.05) is 0 Å². The van der Waals surface area contributed by atoms with Crippen molar-refractivity contribution < 1.29 is 0 Å². The quantitative estimate of drug-likeness (QED) is 0.671. The SMILES string of the molecule is CCCc1ccc(C)c(CC)c1CC. The first-order chi connectivity index (χ1) is 6.74. The van der Waals surface area contributed by atoms with E-state index in [0.29, 0.717) is 0 Å². The minimum absolute atomic E-state index is 1.17. The van der Waals surface area contributed by atoms with E-state index in [1.165, 1.54) is 31.2 Å². The summed E-state index contributed by atoms with van der Waals surface area (Å²) in [6.07, 6.45) is 4.84. The molecular formula is C14H22. The van der Waals surface area contributed by atoms with Gasteiger partial charge in [0, 0.05) is 0 Å². The largest absolute Gasteiger partial charge is 0.0651 e. The third kappa shape index (κ3) is 2.17. The minimum atomic E-state index is 1.17. The topological polar surface area (TPSA) is 0 Å². The fraction of sp³-hybridized carbons (Fsp3) is 0.571. The van der Waals surface area contributed by atoms with Crippen molar-refractivity contribution >= 4 is 0 Å². The molecule has 0 aliphatic rings. The minimum Gasteiger partial charge on any atom is -0.0651 e. The van der Waals surface area contributed by atoms with Crippen molar-refractivity contribution in [2.75, 3.05) is 0 Å². The molecule has 0 radical (unpaired) electrons. The van der Waals surface area contributed by atoms with E-state index in [9.17, 15) is 0 Å². The highest BCUT2D eigenvalue weighted by Gasteiger charge is 2.07. The van der Waals surface area contributed by atoms with Crippen LogP contribution in [0.5, 0.6) is 0 Å². The zero-order chi connectivity index (χ0) is 10.6. The van der Waals surface area contributed by atoms with Gasteiger partial charge in [0.1, 0.15) is 0 Å². The van der Waals surface area contributed by atoms with E-state index < -0.39 is 0 Å². The second-order valence-corrected chi connectivity index (χ2v) is 3.96. The van der Waals surface area contributed by atoms with Crippen LogP contribution in [0.15, 0.2) is 12.1 Å². The zero-order valence-electron chi connectivity index (χ0n) is 9.98. The number of aryl methyl sites for hydroxylation is 2. The average Bonchev–Trinajstić information content (AvgIpc) is 2.20. The third-order valence-corrected chi connectivity index (χ3v) is 2.99. The molecule has 0 aromatic heterocycles. The van der Waals surface area contributed by atoms with Gasteiger partial charge in [0.25, 0.3) is 0 Å². The summed E-state index contributed by atoms with van der Waals surface area (Å²) in [5.41, 5.74) is 6.22. The van der Waals surface area contributed by atoms with E-state index in [-0.39, 0.29) is 0 Å². The molecule has 0 N–H and O–H groups in total. The molecule has 0 unspecified atom stereocenters. The summed E-state index contributed by atoms with van der Waals surface area (Å²) in [7, 11) is 0. The molecular weight excluding hydrogens is 168 g/mol. The maximum absolute atomic E-state index is 2.32. The van der Waals surface area contributed by atoms with Crippen LogP contribution in [0.2, 0.25) is 0 Å². The van der Waals surface area contributed by atoms with Crippen molar-refractivity contribution in [3.05, 3.63) is 34.4 Å². The molecule has 0 atom stereocenters. The fourth-order valence-corrected chi connectivity index (χ4v) is 2.29. The van der Waals surface area contributed by atoms with Crippen LogP contribution in [0.1, 0.15) is 49.4 Å². The van der Waals surface area contributed by atoms with Gasteiger partial charge in [-0.15, -0.1) is 0 Å². The Morgan fingerprint density at radius 2 is 1.57 bits per heavy atom. The van der Waals surface area contributed by atoms with Gasteiger partial charge in [0.2, 0.25) is 0 Å². The summed E-state index contributed by atoms with van der Waals surface area (Å²) in [6, 6.07) is 4.60. The van der Waals surface area contributed by atoms with Crippen LogP contribution in [-0.4, -0.2) is 0 Å². The van der Waals surface area contributed by atoms with Crippen LogP contribution >= 0.6 is 0 Å². The number of hydrogen-bond acceptors (Lipinski definition) is 0. The molecule has 0 saturated heterocycles. The van der Waals surface area contributed by atoms with Gasteiger partial charge in [0.15, 0.2) is 0 Å². The highest BCUT2D eigenvalue weighted by atomic mass is 14.1. The Hall–Kier alpha value is -0.780. The van der Waals surface area contributed by atoms with E-state index in [2.05, 4.69) is 39.8 Å². The summed E-state index contributed by atoms with van der Waals surface area (Å²) in [5, 5.41) is 0. The summed E-state index contributed by atoms with van der Waals surface area (Å²) < 4.78 is 0. The fourth-order valence-electron chi connectivity index (χ4n) is 2.29. The molecule has 0 nitrogen and oxygen atoms in total. The van der Waals surface area contributed by atoms with Crippen molar-refractivity contribution in [2.24, 2.45) is 0 Å². The molecule has 78 valence electrons. The Kier molecular flexibility index (Phi) is 4.19. The highest BCUT2D eigenvalue weighted by Crippen LogP contribution is 2.21. The molecule has 0 fully saturated rings. The summed E-state index contributed by atoms with van der Waals surface area (Å²) in [6.45, 7) is 9.02. The maximum Gasteiger partial charge on any atom is -0.0279 e. The monoisotopic (exact) mass is 190 g/mol. The second-order valence-electron chi connectivity index (χ2n) is 3.96. The lowest BCUT2D eigenvalue weighted by Gasteiger charge is -2.14. The number of hydrogen-bond donors (Lipinski definition) is 0. The third-order valence-electron chi connectivity index (χ3n) is 2.99. The lowest BCUT2D eigenvalue weighted by atomic mass is 9.91. The van der Waals surface area contributed by atoms with Crippen LogP contribution < -0.4 is 0 Å².